The van der Waals surface area contributed by atoms with Crippen molar-refractivity contribution < 1.29 is 32.5 Å². The summed E-state index contributed by atoms with van der Waals surface area (Å²) in [6, 6.07) is 11.5. The first-order valence-electron chi connectivity index (χ1n) is 8.62. The molecule has 30 heavy (non-hydrogen) atoms. The molecule has 0 radical (unpaired) electrons. The maximum absolute atomic E-state index is 12.2. The summed E-state index contributed by atoms with van der Waals surface area (Å²) in [5, 5.41) is 16.8. The molecule has 0 unspecified atom stereocenters. The molecular weight excluding hydrogens is 405 g/mol. The molecule has 3 aromatic rings. The van der Waals surface area contributed by atoms with E-state index in [0.717, 1.165) is 12.1 Å². The van der Waals surface area contributed by atoms with Crippen LogP contribution in [0.4, 0.5) is 18.9 Å². The van der Waals surface area contributed by atoms with Crippen molar-refractivity contribution in [2.75, 3.05) is 12.4 Å². The summed E-state index contributed by atoms with van der Waals surface area (Å²) < 4.78 is 46.7. The van der Waals surface area contributed by atoms with Gasteiger partial charge in [0.05, 0.1) is 19.8 Å². The summed E-state index contributed by atoms with van der Waals surface area (Å²) in [6.45, 7) is 0.0656. The molecule has 1 aromatic heterocycles. The molecule has 0 bridgehead atoms. The maximum Gasteiger partial charge on any atom is 0.573 e. The van der Waals surface area contributed by atoms with Gasteiger partial charge < -0.3 is 19.9 Å². The Morgan fingerprint density at radius 2 is 1.77 bits per heavy atom. The standard InChI is InChI=1S/C19H17F3N4O4/c1-29-14-6-2-12(3-7-14)16(27)10-26-11-23-17(25-26)18(28)24-13-4-8-15(9-5-13)30-19(20,21)22/h2-9,11,16,27H,10H2,1H3,(H,24,28)/t16-/m1/s1. The van der Waals surface area contributed by atoms with E-state index >= 15 is 0 Å². The van der Waals surface area contributed by atoms with E-state index in [-0.39, 0.29) is 18.1 Å². The van der Waals surface area contributed by atoms with E-state index in [1.54, 1.807) is 24.3 Å². The first-order chi connectivity index (χ1) is 14.2. The van der Waals surface area contributed by atoms with Crippen molar-refractivity contribution in [3.05, 3.63) is 66.2 Å². The molecule has 0 fully saturated rings. The van der Waals surface area contributed by atoms with Gasteiger partial charge in [-0.3, -0.25) is 4.79 Å². The molecule has 1 amide bonds. The van der Waals surface area contributed by atoms with Crippen LogP contribution in [0.25, 0.3) is 0 Å². The number of aromatic nitrogens is 3. The Labute approximate surface area is 168 Å². The van der Waals surface area contributed by atoms with E-state index in [4.69, 9.17) is 4.74 Å². The van der Waals surface area contributed by atoms with Crippen LogP contribution < -0.4 is 14.8 Å². The van der Waals surface area contributed by atoms with E-state index in [2.05, 4.69) is 20.1 Å². The third kappa shape index (κ3) is 5.70. The summed E-state index contributed by atoms with van der Waals surface area (Å²) >= 11 is 0. The van der Waals surface area contributed by atoms with Gasteiger partial charge >= 0.3 is 6.36 Å². The number of aliphatic hydroxyl groups excluding tert-OH is 1. The van der Waals surface area contributed by atoms with Crippen molar-refractivity contribution in [3.8, 4) is 11.5 Å². The quantitative estimate of drug-likeness (QED) is 0.607. The van der Waals surface area contributed by atoms with E-state index in [1.807, 2.05) is 0 Å². The lowest BCUT2D eigenvalue weighted by Crippen LogP contribution is -2.17. The summed E-state index contributed by atoms with van der Waals surface area (Å²) in [5.74, 6) is -0.566. The van der Waals surface area contributed by atoms with Gasteiger partial charge in [0.25, 0.3) is 5.91 Å². The van der Waals surface area contributed by atoms with Crippen LogP contribution >= 0.6 is 0 Å². The number of nitrogens with zero attached hydrogens (tertiary/aromatic N) is 3. The zero-order valence-electron chi connectivity index (χ0n) is 15.6. The van der Waals surface area contributed by atoms with Gasteiger partial charge in [-0.2, -0.15) is 0 Å². The highest BCUT2D eigenvalue weighted by atomic mass is 19.4. The third-order valence-electron chi connectivity index (χ3n) is 3.95. The topological polar surface area (TPSA) is 98.5 Å². The molecule has 1 atom stereocenters. The van der Waals surface area contributed by atoms with Crippen LogP contribution in [0.2, 0.25) is 0 Å². The third-order valence-corrected chi connectivity index (χ3v) is 3.95. The van der Waals surface area contributed by atoms with Gasteiger partial charge in [-0.25, -0.2) is 9.67 Å². The van der Waals surface area contributed by atoms with Crippen LogP contribution in [0.1, 0.15) is 22.3 Å². The lowest BCUT2D eigenvalue weighted by Gasteiger charge is -2.11. The Hall–Kier alpha value is -3.60. The van der Waals surface area contributed by atoms with E-state index in [0.29, 0.717) is 11.3 Å². The highest BCUT2D eigenvalue weighted by Gasteiger charge is 2.31. The number of alkyl halides is 3. The van der Waals surface area contributed by atoms with Crippen LogP contribution in [-0.2, 0) is 6.54 Å². The molecular formula is C19H17F3N4O4. The summed E-state index contributed by atoms with van der Waals surface area (Å²) in [6.07, 6.45) is -4.38. The van der Waals surface area contributed by atoms with Gasteiger partial charge in [0.2, 0.25) is 5.82 Å². The smallest absolute Gasteiger partial charge is 0.497 e. The van der Waals surface area contributed by atoms with E-state index in [9.17, 15) is 23.1 Å². The average Bonchev–Trinajstić information content (AvgIpc) is 3.17. The highest BCUT2D eigenvalue weighted by molar-refractivity contribution is 6.01. The number of aliphatic hydroxyl groups is 1. The zero-order valence-corrected chi connectivity index (χ0v) is 15.6. The Bertz CT molecular complexity index is 988. The molecule has 158 valence electrons. The first kappa shape index (κ1) is 21.1. The summed E-state index contributed by atoms with van der Waals surface area (Å²) in [7, 11) is 1.54. The normalized spacial score (nSPS) is 12.3. The maximum atomic E-state index is 12.2. The number of methoxy groups -OCH3 is 1. The minimum Gasteiger partial charge on any atom is -0.497 e. The number of amides is 1. The average molecular weight is 422 g/mol. The second-order valence-electron chi connectivity index (χ2n) is 6.11. The molecule has 0 spiro atoms. The molecule has 1 heterocycles. The molecule has 3 rings (SSSR count). The molecule has 0 aliphatic carbocycles. The molecule has 0 aliphatic rings. The van der Waals surface area contributed by atoms with Crippen LogP contribution in [0.15, 0.2) is 54.9 Å². The fraction of sp³-hybridized carbons (Fsp3) is 0.211. The van der Waals surface area contributed by atoms with E-state index < -0.39 is 24.1 Å². The van der Waals surface area contributed by atoms with Crippen molar-refractivity contribution in [2.45, 2.75) is 19.0 Å². The van der Waals surface area contributed by atoms with Crippen molar-refractivity contribution >= 4 is 11.6 Å². The number of anilines is 1. The van der Waals surface area contributed by atoms with Crippen LogP contribution in [-0.4, -0.2) is 39.3 Å². The number of rotatable bonds is 7. The number of halogens is 3. The van der Waals surface area contributed by atoms with Crippen molar-refractivity contribution in [1.29, 1.82) is 0 Å². The lowest BCUT2D eigenvalue weighted by atomic mass is 10.1. The van der Waals surface area contributed by atoms with Crippen molar-refractivity contribution in [2.24, 2.45) is 0 Å². The number of carbonyl (C=O) groups excluding carboxylic acids is 1. The van der Waals surface area contributed by atoms with Crippen LogP contribution in [0.5, 0.6) is 11.5 Å². The largest absolute Gasteiger partial charge is 0.573 e. The number of hydrogen-bond donors (Lipinski definition) is 2. The first-order valence-corrected chi connectivity index (χ1v) is 8.62. The fourth-order valence-corrected chi connectivity index (χ4v) is 2.52. The molecule has 2 aromatic carbocycles. The Balaban J connectivity index is 1.59. The molecule has 0 saturated carbocycles. The number of ether oxygens (including phenoxy) is 2. The Kier molecular flexibility index (Phi) is 6.21. The van der Waals surface area contributed by atoms with Crippen molar-refractivity contribution in [3.63, 3.8) is 0 Å². The van der Waals surface area contributed by atoms with Gasteiger partial charge in [-0.05, 0) is 42.0 Å². The van der Waals surface area contributed by atoms with Crippen LogP contribution in [0.3, 0.4) is 0 Å². The minimum atomic E-state index is -4.79. The summed E-state index contributed by atoms with van der Waals surface area (Å²) in [4.78, 5) is 16.1. The van der Waals surface area contributed by atoms with Gasteiger partial charge in [-0.15, -0.1) is 18.3 Å². The number of nitrogens with one attached hydrogen (secondary N) is 1. The van der Waals surface area contributed by atoms with Gasteiger partial charge in [0, 0.05) is 5.69 Å². The van der Waals surface area contributed by atoms with Gasteiger partial charge in [0.15, 0.2) is 0 Å². The Morgan fingerprint density at radius 1 is 1.13 bits per heavy atom. The van der Waals surface area contributed by atoms with Gasteiger partial charge in [-0.1, -0.05) is 12.1 Å². The lowest BCUT2D eigenvalue weighted by molar-refractivity contribution is -0.274. The molecule has 11 heteroatoms. The monoisotopic (exact) mass is 422 g/mol. The molecule has 0 aliphatic heterocycles. The molecule has 2 N–H and O–H groups in total. The SMILES string of the molecule is COc1ccc([C@H](O)Cn2cnc(C(=O)Nc3ccc(OC(F)(F)F)cc3)n2)cc1. The molecule has 8 nitrogen and oxygen atoms in total. The highest BCUT2D eigenvalue weighted by Crippen LogP contribution is 2.24. The predicted molar refractivity (Wildman–Crippen MR) is 99.1 cm³/mol. The van der Waals surface area contributed by atoms with Gasteiger partial charge in [0.1, 0.15) is 17.8 Å². The van der Waals surface area contributed by atoms with Crippen molar-refractivity contribution in [1.82, 2.24) is 14.8 Å². The number of carbonyl (C=O) groups is 1. The number of hydrogen-bond acceptors (Lipinski definition) is 6. The Morgan fingerprint density at radius 3 is 2.37 bits per heavy atom. The second-order valence-corrected chi connectivity index (χ2v) is 6.11. The fourth-order valence-electron chi connectivity index (χ4n) is 2.52. The zero-order chi connectivity index (χ0) is 21.7. The van der Waals surface area contributed by atoms with E-state index in [1.165, 1.54) is 30.3 Å². The summed E-state index contributed by atoms with van der Waals surface area (Å²) in [5.41, 5.74) is 0.877. The second kappa shape index (κ2) is 8.82. The minimum absolute atomic E-state index is 0.0656. The van der Waals surface area contributed by atoms with Crippen LogP contribution in [0, 0.1) is 0 Å². The number of benzene rings is 2. The predicted octanol–water partition coefficient (Wildman–Crippen LogP) is 3.17. The molecule has 0 saturated heterocycles.